The number of fused-ring (bicyclic) bond motifs is 1. The number of hydrogen-bond acceptors (Lipinski definition) is 2. The van der Waals surface area contributed by atoms with Gasteiger partial charge in [0.05, 0.1) is 0 Å². The molecule has 1 aromatic carbocycles. The lowest BCUT2D eigenvalue weighted by Crippen LogP contribution is -2.24. The molecule has 0 atom stereocenters. The average molecular weight is 274 g/mol. The molecule has 3 heteroatoms. The third-order valence-corrected chi connectivity index (χ3v) is 3.90. The number of unbranched alkanes of at least 4 members (excludes halogenated alkanes) is 3. The summed E-state index contributed by atoms with van der Waals surface area (Å²) in [5.41, 5.74) is 3.83. The second-order valence-corrected chi connectivity index (χ2v) is 5.57. The summed E-state index contributed by atoms with van der Waals surface area (Å²) >= 11 is 0. The summed E-state index contributed by atoms with van der Waals surface area (Å²) in [5.74, 6) is 0.175. The summed E-state index contributed by atoms with van der Waals surface area (Å²) < 4.78 is 0. The van der Waals surface area contributed by atoms with Crippen molar-refractivity contribution in [3.8, 4) is 0 Å². The van der Waals surface area contributed by atoms with Crippen molar-refractivity contribution in [2.75, 3.05) is 11.9 Å². The molecule has 1 aliphatic rings. The predicted molar refractivity (Wildman–Crippen MR) is 83.9 cm³/mol. The van der Waals surface area contributed by atoms with Gasteiger partial charge in [0.2, 0.25) is 5.91 Å². The number of para-hydroxylation sites is 1. The minimum absolute atomic E-state index is 0.175. The molecule has 110 valence electrons. The lowest BCUT2D eigenvalue weighted by atomic mass is 9.99. The van der Waals surface area contributed by atoms with Crippen LogP contribution in [0.4, 0.5) is 5.69 Å². The molecular formula is C17H26N2O. The van der Waals surface area contributed by atoms with Crippen LogP contribution in [0.5, 0.6) is 0 Å². The maximum Gasteiger partial charge on any atom is 0.220 e. The molecule has 0 aliphatic carbocycles. The highest BCUT2D eigenvalue weighted by molar-refractivity contribution is 5.76. The van der Waals surface area contributed by atoms with E-state index in [1.54, 1.807) is 0 Å². The summed E-state index contributed by atoms with van der Waals surface area (Å²) in [6.07, 6.45) is 7.59. The number of aryl methyl sites for hydroxylation is 1. The highest BCUT2D eigenvalue weighted by Crippen LogP contribution is 2.25. The van der Waals surface area contributed by atoms with Gasteiger partial charge in [-0.1, -0.05) is 44.4 Å². The highest BCUT2D eigenvalue weighted by atomic mass is 16.1. The number of benzene rings is 1. The first-order valence-corrected chi connectivity index (χ1v) is 7.92. The fraction of sp³-hybridized carbons (Fsp3) is 0.588. The summed E-state index contributed by atoms with van der Waals surface area (Å²) in [6, 6.07) is 6.38. The van der Waals surface area contributed by atoms with E-state index in [0.29, 0.717) is 13.0 Å². The maximum atomic E-state index is 11.8. The topological polar surface area (TPSA) is 41.1 Å². The van der Waals surface area contributed by atoms with Gasteiger partial charge in [-0.15, -0.1) is 0 Å². The Balaban J connectivity index is 1.80. The first kappa shape index (κ1) is 14.9. The smallest absolute Gasteiger partial charge is 0.220 e. The number of rotatable bonds is 7. The predicted octanol–water partition coefficient (Wildman–Crippen LogP) is 3.63. The van der Waals surface area contributed by atoms with Gasteiger partial charge in [-0.2, -0.15) is 0 Å². The second kappa shape index (κ2) is 7.93. The molecule has 0 saturated carbocycles. The van der Waals surface area contributed by atoms with E-state index in [-0.39, 0.29) is 5.91 Å². The number of nitrogens with one attached hydrogen (secondary N) is 2. The van der Waals surface area contributed by atoms with Gasteiger partial charge in [0.1, 0.15) is 0 Å². The first-order valence-electron chi connectivity index (χ1n) is 7.92. The highest BCUT2D eigenvalue weighted by Gasteiger charge is 2.12. The Morgan fingerprint density at radius 2 is 2.20 bits per heavy atom. The summed E-state index contributed by atoms with van der Waals surface area (Å²) in [5, 5.41) is 6.51. The largest absolute Gasteiger partial charge is 0.385 e. The third kappa shape index (κ3) is 4.26. The number of amides is 1. The molecule has 0 unspecified atom stereocenters. The van der Waals surface area contributed by atoms with E-state index in [9.17, 15) is 4.79 Å². The fourth-order valence-electron chi connectivity index (χ4n) is 2.72. The fourth-order valence-corrected chi connectivity index (χ4v) is 2.72. The van der Waals surface area contributed by atoms with Crippen molar-refractivity contribution >= 4 is 11.6 Å². The zero-order valence-corrected chi connectivity index (χ0v) is 12.5. The van der Waals surface area contributed by atoms with Gasteiger partial charge in [0, 0.05) is 25.2 Å². The number of anilines is 1. The van der Waals surface area contributed by atoms with E-state index in [0.717, 1.165) is 25.8 Å². The molecule has 1 aromatic rings. The Morgan fingerprint density at radius 3 is 3.05 bits per heavy atom. The van der Waals surface area contributed by atoms with Gasteiger partial charge in [0.15, 0.2) is 0 Å². The minimum atomic E-state index is 0.175. The molecule has 1 aliphatic heterocycles. The first-order chi connectivity index (χ1) is 9.81. The third-order valence-electron chi connectivity index (χ3n) is 3.90. The SMILES string of the molecule is CCCCCCC(=O)NCc1cccc2c1NCCC2. The van der Waals surface area contributed by atoms with Crippen molar-refractivity contribution in [2.24, 2.45) is 0 Å². The molecule has 0 spiro atoms. The van der Waals surface area contributed by atoms with Crippen LogP contribution in [0, 0.1) is 0 Å². The zero-order valence-electron chi connectivity index (χ0n) is 12.5. The van der Waals surface area contributed by atoms with Crippen LogP contribution in [0.25, 0.3) is 0 Å². The van der Waals surface area contributed by atoms with Crippen molar-refractivity contribution in [3.63, 3.8) is 0 Å². The van der Waals surface area contributed by atoms with Gasteiger partial charge in [-0.3, -0.25) is 4.79 Å². The van der Waals surface area contributed by atoms with Crippen LogP contribution < -0.4 is 10.6 Å². The van der Waals surface area contributed by atoms with Gasteiger partial charge in [0.25, 0.3) is 0 Å². The van der Waals surface area contributed by atoms with Crippen molar-refractivity contribution < 1.29 is 4.79 Å². The molecule has 0 radical (unpaired) electrons. The lowest BCUT2D eigenvalue weighted by Gasteiger charge is -2.21. The molecule has 2 N–H and O–H groups in total. The van der Waals surface area contributed by atoms with E-state index < -0.39 is 0 Å². The van der Waals surface area contributed by atoms with Crippen molar-refractivity contribution in [2.45, 2.75) is 58.4 Å². The molecule has 20 heavy (non-hydrogen) atoms. The normalized spacial score (nSPS) is 13.4. The van der Waals surface area contributed by atoms with Gasteiger partial charge in [-0.05, 0) is 30.4 Å². The number of carbonyl (C=O) groups excluding carboxylic acids is 1. The molecular weight excluding hydrogens is 248 g/mol. The average Bonchev–Trinajstić information content (AvgIpc) is 2.49. The van der Waals surface area contributed by atoms with Crippen LogP contribution in [0.2, 0.25) is 0 Å². The molecule has 1 amide bonds. The number of hydrogen-bond donors (Lipinski definition) is 2. The molecule has 0 aromatic heterocycles. The molecule has 0 bridgehead atoms. The van der Waals surface area contributed by atoms with E-state index in [4.69, 9.17) is 0 Å². The summed E-state index contributed by atoms with van der Waals surface area (Å²) in [7, 11) is 0. The van der Waals surface area contributed by atoms with E-state index in [1.807, 2.05) is 0 Å². The van der Waals surface area contributed by atoms with E-state index in [1.165, 1.54) is 36.1 Å². The molecule has 3 nitrogen and oxygen atoms in total. The molecule has 1 heterocycles. The standard InChI is InChI=1S/C17H26N2O/c1-2-3-4-5-11-16(20)19-13-15-9-6-8-14-10-7-12-18-17(14)15/h6,8-9,18H,2-5,7,10-13H2,1H3,(H,19,20). The maximum absolute atomic E-state index is 11.8. The van der Waals surface area contributed by atoms with Crippen molar-refractivity contribution in [1.29, 1.82) is 0 Å². The molecule has 0 saturated heterocycles. The summed E-state index contributed by atoms with van der Waals surface area (Å²) in [6.45, 7) is 3.86. The van der Waals surface area contributed by atoms with Crippen LogP contribution in [0.15, 0.2) is 18.2 Å². The Kier molecular flexibility index (Phi) is 5.90. The van der Waals surface area contributed by atoms with E-state index in [2.05, 4.69) is 35.8 Å². The molecule has 2 rings (SSSR count). The van der Waals surface area contributed by atoms with E-state index >= 15 is 0 Å². The molecule has 0 fully saturated rings. The Labute approximate surface area is 122 Å². The number of carbonyl (C=O) groups is 1. The minimum Gasteiger partial charge on any atom is -0.385 e. The van der Waals surface area contributed by atoms with Crippen LogP contribution in [-0.4, -0.2) is 12.5 Å². The van der Waals surface area contributed by atoms with Crippen LogP contribution in [0.3, 0.4) is 0 Å². The Bertz CT molecular complexity index is 443. The van der Waals surface area contributed by atoms with Gasteiger partial charge < -0.3 is 10.6 Å². The van der Waals surface area contributed by atoms with Crippen LogP contribution in [0.1, 0.15) is 56.6 Å². The Morgan fingerprint density at radius 1 is 1.30 bits per heavy atom. The Hall–Kier alpha value is -1.51. The zero-order chi connectivity index (χ0) is 14.2. The van der Waals surface area contributed by atoms with Gasteiger partial charge in [-0.25, -0.2) is 0 Å². The monoisotopic (exact) mass is 274 g/mol. The van der Waals surface area contributed by atoms with Gasteiger partial charge >= 0.3 is 0 Å². The van der Waals surface area contributed by atoms with Crippen LogP contribution in [-0.2, 0) is 17.8 Å². The lowest BCUT2D eigenvalue weighted by molar-refractivity contribution is -0.121. The summed E-state index contributed by atoms with van der Waals surface area (Å²) in [4.78, 5) is 11.8. The van der Waals surface area contributed by atoms with Crippen LogP contribution >= 0.6 is 0 Å². The second-order valence-electron chi connectivity index (χ2n) is 5.57. The van der Waals surface area contributed by atoms with Crippen molar-refractivity contribution in [1.82, 2.24) is 5.32 Å². The quantitative estimate of drug-likeness (QED) is 0.745. The van der Waals surface area contributed by atoms with Crippen molar-refractivity contribution in [3.05, 3.63) is 29.3 Å².